The molecule has 1 aliphatic heterocycles. The molecule has 0 saturated heterocycles. The third-order valence-corrected chi connectivity index (χ3v) is 1.58. The van der Waals surface area contributed by atoms with E-state index in [9.17, 15) is 0 Å². The first-order valence-electron chi connectivity index (χ1n) is 3.91. The fourth-order valence-corrected chi connectivity index (χ4v) is 1.02. The van der Waals surface area contributed by atoms with Gasteiger partial charge in [-0.1, -0.05) is 0 Å². The minimum Gasteiger partial charge on any atom is -0.374 e. The van der Waals surface area contributed by atoms with Crippen LogP contribution in [0.15, 0.2) is 4.99 Å². The van der Waals surface area contributed by atoms with Crippen LogP contribution in [0.4, 0.5) is 0 Å². The molecule has 1 rings (SSSR count). The van der Waals surface area contributed by atoms with E-state index in [4.69, 9.17) is 5.73 Å². The van der Waals surface area contributed by atoms with Crippen molar-refractivity contribution in [1.82, 2.24) is 5.32 Å². The molecule has 10 heavy (non-hydrogen) atoms. The van der Waals surface area contributed by atoms with Crippen molar-refractivity contribution >= 4 is 5.84 Å². The molecule has 3 N–H and O–H groups in total. The molecule has 0 saturated carbocycles. The molecule has 3 heteroatoms. The third kappa shape index (κ3) is 2.35. The van der Waals surface area contributed by atoms with E-state index in [2.05, 4.69) is 10.3 Å². The van der Waals surface area contributed by atoms with Crippen molar-refractivity contribution in [3.05, 3.63) is 0 Å². The lowest BCUT2D eigenvalue weighted by molar-refractivity contribution is 0.777. The number of hydrogen-bond acceptors (Lipinski definition) is 3. The van der Waals surface area contributed by atoms with E-state index in [1.165, 1.54) is 12.3 Å². The highest BCUT2D eigenvalue weighted by Gasteiger charge is 2.03. The number of rotatable bonds is 3. The molecular formula is C7H15N3. The molecule has 0 bridgehead atoms. The maximum Gasteiger partial charge on any atom is 0.0963 e. The molecule has 1 aliphatic rings. The van der Waals surface area contributed by atoms with Crippen molar-refractivity contribution < 1.29 is 0 Å². The van der Waals surface area contributed by atoms with Crippen LogP contribution in [0, 0.1) is 0 Å². The molecule has 3 nitrogen and oxygen atoms in total. The lowest BCUT2D eigenvalue weighted by Gasteiger charge is -2.02. The molecule has 0 spiro atoms. The molecular weight excluding hydrogens is 126 g/mol. The van der Waals surface area contributed by atoms with Crippen LogP contribution in [0.5, 0.6) is 0 Å². The highest BCUT2D eigenvalue weighted by Crippen LogP contribution is 2.00. The summed E-state index contributed by atoms with van der Waals surface area (Å²) < 4.78 is 0. The lowest BCUT2D eigenvalue weighted by Crippen LogP contribution is -2.24. The summed E-state index contributed by atoms with van der Waals surface area (Å²) in [6.45, 7) is 2.75. The Balaban J connectivity index is 2.01. The SMILES string of the molecule is NCCCNC1=NCCC1. The second-order valence-electron chi connectivity index (χ2n) is 2.50. The summed E-state index contributed by atoms with van der Waals surface area (Å²) in [6, 6.07) is 0. The second-order valence-corrected chi connectivity index (χ2v) is 2.50. The van der Waals surface area contributed by atoms with Crippen molar-refractivity contribution in [1.29, 1.82) is 0 Å². The van der Waals surface area contributed by atoms with Crippen molar-refractivity contribution in [3.8, 4) is 0 Å². The topological polar surface area (TPSA) is 50.4 Å². The summed E-state index contributed by atoms with van der Waals surface area (Å²) in [5.41, 5.74) is 5.33. The Morgan fingerprint density at radius 1 is 1.60 bits per heavy atom. The molecule has 0 atom stereocenters. The Kier molecular flexibility index (Phi) is 3.22. The fraction of sp³-hybridized carbons (Fsp3) is 0.857. The van der Waals surface area contributed by atoms with Gasteiger partial charge in [-0.25, -0.2) is 0 Å². The standard InChI is InChI=1S/C7H15N3/c8-4-2-6-10-7-3-1-5-9-7/h1-6,8H2,(H,9,10). The predicted molar refractivity (Wildman–Crippen MR) is 43.2 cm³/mol. The molecule has 0 fully saturated rings. The molecule has 0 aromatic carbocycles. The van der Waals surface area contributed by atoms with Gasteiger partial charge in [0.2, 0.25) is 0 Å². The van der Waals surface area contributed by atoms with Gasteiger partial charge >= 0.3 is 0 Å². The highest BCUT2D eigenvalue weighted by atomic mass is 15.0. The van der Waals surface area contributed by atoms with Crippen molar-refractivity contribution in [3.63, 3.8) is 0 Å². The maximum absolute atomic E-state index is 5.33. The van der Waals surface area contributed by atoms with E-state index >= 15 is 0 Å². The van der Waals surface area contributed by atoms with Gasteiger partial charge in [0.25, 0.3) is 0 Å². The first-order valence-corrected chi connectivity index (χ1v) is 3.91. The highest BCUT2D eigenvalue weighted by molar-refractivity contribution is 5.83. The van der Waals surface area contributed by atoms with Crippen LogP contribution in [0.3, 0.4) is 0 Å². The Bertz CT molecular complexity index is 120. The van der Waals surface area contributed by atoms with Crippen LogP contribution < -0.4 is 11.1 Å². The molecule has 0 aromatic heterocycles. The van der Waals surface area contributed by atoms with Gasteiger partial charge in [0.05, 0.1) is 5.84 Å². The van der Waals surface area contributed by atoms with Crippen molar-refractivity contribution in [2.75, 3.05) is 19.6 Å². The normalized spacial score (nSPS) is 17.1. The third-order valence-electron chi connectivity index (χ3n) is 1.58. The van der Waals surface area contributed by atoms with E-state index in [1.54, 1.807) is 0 Å². The molecule has 0 aliphatic carbocycles. The average molecular weight is 141 g/mol. The van der Waals surface area contributed by atoms with E-state index in [0.29, 0.717) is 0 Å². The largest absolute Gasteiger partial charge is 0.374 e. The zero-order valence-electron chi connectivity index (χ0n) is 6.27. The number of nitrogens with zero attached hydrogens (tertiary/aromatic N) is 1. The van der Waals surface area contributed by atoms with Gasteiger partial charge < -0.3 is 11.1 Å². The number of nitrogens with two attached hydrogens (primary N) is 1. The zero-order chi connectivity index (χ0) is 7.23. The second kappa shape index (κ2) is 4.28. The van der Waals surface area contributed by atoms with Crippen LogP contribution >= 0.6 is 0 Å². The zero-order valence-corrected chi connectivity index (χ0v) is 6.27. The first-order chi connectivity index (χ1) is 4.93. The van der Waals surface area contributed by atoms with E-state index in [0.717, 1.165) is 32.5 Å². The molecule has 0 radical (unpaired) electrons. The van der Waals surface area contributed by atoms with Gasteiger partial charge in [0, 0.05) is 19.5 Å². The Labute approximate surface area is 61.7 Å². The van der Waals surface area contributed by atoms with E-state index in [1.807, 2.05) is 0 Å². The van der Waals surface area contributed by atoms with Crippen LogP contribution in [0.1, 0.15) is 19.3 Å². The number of aliphatic imine (C=N–C) groups is 1. The van der Waals surface area contributed by atoms with Gasteiger partial charge in [-0.2, -0.15) is 0 Å². The molecule has 0 amide bonds. The summed E-state index contributed by atoms with van der Waals surface area (Å²) in [5, 5.41) is 3.25. The van der Waals surface area contributed by atoms with E-state index < -0.39 is 0 Å². The van der Waals surface area contributed by atoms with Gasteiger partial charge in [0.15, 0.2) is 0 Å². The van der Waals surface area contributed by atoms with E-state index in [-0.39, 0.29) is 0 Å². The smallest absolute Gasteiger partial charge is 0.0963 e. The number of hydrogen-bond donors (Lipinski definition) is 2. The number of nitrogens with one attached hydrogen (secondary N) is 1. The fourth-order valence-electron chi connectivity index (χ4n) is 1.02. The summed E-state index contributed by atoms with van der Waals surface area (Å²) in [6.07, 6.45) is 3.38. The summed E-state index contributed by atoms with van der Waals surface area (Å²) >= 11 is 0. The predicted octanol–water partition coefficient (Wildman–Crippen LogP) is 0.117. The van der Waals surface area contributed by atoms with Crippen LogP contribution in [0.25, 0.3) is 0 Å². The van der Waals surface area contributed by atoms with Gasteiger partial charge in [-0.3, -0.25) is 4.99 Å². The number of amidine groups is 1. The van der Waals surface area contributed by atoms with Gasteiger partial charge in [-0.15, -0.1) is 0 Å². The molecule has 0 unspecified atom stereocenters. The van der Waals surface area contributed by atoms with Crippen molar-refractivity contribution in [2.24, 2.45) is 10.7 Å². The average Bonchev–Trinajstić information content (AvgIpc) is 2.41. The minimum absolute atomic E-state index is 0.764. The minimum atomic E-state index is 0.764. The maximum atomic E-state index is 5.33. The Morgan fingerprint density at radius 2 is 2.50 bits per heavy atom. The Morgan fingerprint density at radius 3 is 3.10 bits per heavy atom. The summed E-state index contributed by atoms with van der Waals surface area (Å²) in [4.78, 5) is 4.27. The van der Waals surface area contributed by atoms with Crippen molar-refractivity contribution in [2.45, 2.75) is 19.3 Å². The van der Waals surface area contributed by atoms with Gasteiger partial charge in [0.1, 0.15) is 0 Å². The monoisotopic (exact) mass is 141 g/mol. The molecule has 0 aromatic rings. The molecule has 58 valence electrons. The summed E-state index contributed by atoms with van der Waals surface area (Å²) in [7, 11) is 0. The lowest BCUT2D eigenvalue weighted by atomic mass is 10.3. The van der Waals surface area contributed by atoms with Crippen LogP contribution in [-0.2, 0) is 0 Å². The molecule has 1 heterocycles. The summed E-state index contributed by atoms with van der Waals surface area (Å²) in [5.74, 6) is 1.17. The van der Waals surface area contributed by atoms with Crippen LogP contribution in [-0.4, -0.2) is 25.5 Å². The Hall–Kier alpha value is -0.570. The van der Waals surface area contributed by atoms with Gasteiger partial charge in [-0.05, 0) is 19.4 Å². The van der Waals surface area contributed by atoms with Crippen LogP contribution in [0.2, 0.25) is 0 Å². The first kappa shape index (κ1) is 7.54. The quantitative estimate of drug-likeness (QED) is 0.548.